The predicted octanol–water partition coefficient (Wildman–Crippen LogP) is 4.34. The van der Waals surface area contributed by atoms with Gasteiger partial charge in [-0.15, -0.1) is 0 Å². The molecule has 0 N–H and O–H groups in total. The van der Waals surface area contributed by atoms with Crippen LogP contribution in [0.5, 0.6) is 5.75 Å². The van der Waals surface area contributed by atoms with Crippen LogP contribution in [0, 0.1) is 0 Å². The first kappa shape index (κ1) is 20.4. The second kappa shape index (κ2) is 9.75. The lowest BCUT2D eigenvalue weighted by Crippen LogP contribution is -2.62. The molecule has 156 valence electrons. The number of methoxy groups -OCH3 is 1. The van der Waals surface area contributed by atoms with E-state index in [2.05, 4.69) is 71.3 Å². The van der Waals surface area contributed by atoms with Crippen molar-refractivity contribution in [1.29, 1.82) is 0 Å². The lowest BCUT2D eigenvalue weighted by atomic mass is 9.90. The summed E-state index contributed by atoms with van der Waals surface area (Å²) in [6, 6.07) is 20.5. The minimum atomic E-state index is 0.317. The Morgan fingerprint density at radius 3 is 2.31 bits per heavy atom. The van der Waals surface area contributed by atoms with Crippen LogP contribution in [-0.2, 0) is 17.8 Å². The van der Waals surface area contributed by atoms with Gasteiger partial charge in [-0.05, 0) is 49.4 Å². The molecule has 3 fully saturated rings. The van der Waals surface area contributed by atoms with Gasteiger partial charge in [0.05, 0.1) is 13.2 Å². The van der Waals surface area contributed by atoms with Crippen LogP contribution in [0.15, 0.2) is 54.6 Å². The van der Waals surface area contributed by atoms with E-state index in [9.17, 15) is 0 Å². The summed E-state index contributed by atoms with van der Waals surface area (Å²) in [6.07, 6.45) is 4.00. The summed E-state index contributed by atoms with van der Waals surface area (Å²) < 4.78 is 11.6. The Morgan fingerprint density at radius 1 is 0.862 bits per heavy atom. The van der Waals surface area contributed by atoms with Crippen molar-refractivity contribution in [3.63, 3.8) is 0 Å². The number of rotatable bonds is 7. The van der Waals surface area contributed by atoms with Gasteiger partial charge < -0.3 is 9.47 Å². The average Bonchev–Trinajstić information content (AvgIpc) is 2.74. The maximum absolute atomic E-state index is 6.26. The first-order valence-corrected chi connectivity index (χ1v) is 11.0. The molecule has 4 heteroatoms. The van der Waals surface area contributed by atoms with Crippen LogP contribution in [-0.4, -0.2) is 54.8 Å². The largest absolute Gasteiger partial charge is 0.497 e. The molecular weight excluding hydrogens is 360 g/mol. The predicted molar refractivity (Wildman–Crippen MR) is 117 cm³/mol. The van der Waals surface area contributed by atoms with Crippen LogP contribution < -0.4 is 4.74 Å². The molecule has 0 spiro atoms. The monoisotopic (exact) mass is 394 g/mol. The molecule has 3 aliphatic rings. The van der Waals surface area contributed by atoms with Crippen LogP contribution in [0.25, 0.3) is 0 Å². The molecule has 0 aromatic heterocycles. The zero-order chi connectivity index (χ0) is 20.1. The van der Waals surface area contributed by atoms with E-state index in [1.54, 1.807) is 7.11 Å². The maximum atomic E-state index is 6.26. The second-order valence-electron chi connectivity index (χ2n) is 8.34. The van der Waals surface area contributed by atoms with E-state index in [-0.39, 0.29) is 0 Å². The number of piperazine rings is 1. The summed E-state index contributed by atoms with van der Waals surface area (Å²) in [5.74, 6) is 0.921. The number of nitrogens with zero attached hydrogens (tertiary/aromatic N) is 2. The molecule has 0 amide bonds. The number of benzene rings is 2. The van der Waals surface area contributed by atoms with E-state index in [4.69, 9.17) is 9.47 Å². The molecule has 2 aromatic rings. The minimum Gasteiger partial charge on any atom is -0.497 e. The summed E-state index contributed by atoms with van der Waals surface area (Å²) in [5, 5.41) is 0. The Balaban J connectivity index is 1.53. The van der Waals surface area contributed by atoms with Gasteiger partial charge >= 0.3 is 0 Å². The molecule has 3 saturated heterocycles. The maximum Gasteiger partial charge on any atom is 0.118 e. The molecule has 0 saturated carbocycles. The Kier molecular flexibility index (Phi) is 6.86. The van der Waals surface area contributed by atoms with E-state index in [0.29, 0.717) is 18.2 Å². The van der Waals surface area contributed by atoms with Gasteiger partial charge in [-0.25, -0.2) is 0 Å². The summed E-state index contributed by atoms with van der Waals surface area (Å²) in [6.45, 7) is 7.14. The third-order valence-electron chi connectivity index (χ3n) is 6.46. The first-order valence-electron chi connectivity index (χ1n) is 11.0. The smallest absolute Gasteiger partial charge is 0.118 e. The van der Waals surface area contributed by atoms with Gasteiger partial charge in [0.1, 0.15) is 5.75 Å². The SMILES string of the molecule is CCO[C@H]1CCC[C@H]2CN(Cc3ccc(OC)cc3)[C@@H]1CN2Cc1ccccc1. The first-order chi connectivity index (χ1) is 14.3. The van der Waals surface area contributed by atoms with Gasteiger partial charge in [0, 0.05) is 44.9 Å². The van der Waals surface area contributed by atoms with Crippen molar-refractivity contribution in [3.8, 4) is 5.75 Å². The Bertz CT molecular complexity index is 749. The van der Waals surface area contributed by atoms with E-state index in [0.717, 1.165) is 38.5 Å². The van der Waals surface area contributed by atoms with Gasteiger partial charge in [0.15, 0.2) is 0 Å². The highest BCUT2D eigenvalue weighted by molar-refractivity contribution is 5.27. The third-order valence-corrected chi connectivity index (χ3v) is 6.46. The number of ether oxygens (including phenoxy) is 2. The molecule has 2 aromatic carbocycles. The van der Waals surface area contributed by atoms with E-state index >= 15 is 0 Å². The highest BCUT2D eigenvalue weighted by Gasteiger charge is 2.40. The van der Waals surface area contributed by atoms with Gasteiger partial charge in [0.2, 0.25) is 0 Å². The number of hydrogen-bond donors (Lipinski definition) is 0. The second-order valence-corrected chi connectivity index (χ2v) is 8.34. The fraction of sp³-hybridized carbons (Fsp3) is 0.520. The molecule has 2 bridgehead atoms. The molecule has 3 heterocycles. The lowest BCUT2D eigenvalue weighted by molar-refractivity contribution is -0.0834. The van der Waals surface area contributed by atoms with Crippen molar-refractivity contribution in [2.75, 3.05) is 26.8 Å². The Morgan fingerprint density at radius 2 is 1.59 bits per heavy atom. The lowest BCUT2D eigenvalue weighted by Gasteiger charge is -2.51. The molecule has 5 rings (SSSR count). The van der Waals surface area contributed by atoms with Crippen LogP contribution in [0.1, 0.15) is 37.3 Å². The average molecular weight is 395 g/mol. The van der Waals surface area contributed by atoms with Gasteiger partial charge in [-0.2, -0.15) is 0 Å². The zero-order valence-corrected chi connectivity index (χ0v) is 17.8. The van der Waals surface area contributed by atoms with Crippen molar-refractivity contribution in [2.24, 2.45) is 0 Å². The highest BCUT2D eigenvalue weighted by Crippen LogP contribution is 2.31. The highest BCUT2D eigenvalue weighted by atomic mass is 16.5. The fourth-order valence-corrected chi connectivity index (χ4v) is 4.97. The molecule has 0 radical (unpaired) electrons. The summed E-state index contributed by atoms with van der Waals surface area (Å²) in [5.41, 5.74) is 2.76. The normalized spacial score (nSPS) is 25.5. The topological polar surface area (TPSA) is 24.9 Å². The van der Waals surface area contributed by atoms with Crippen molar-refractivity contribution >= 4 is 0 Å². The third kappa shape index (κ3) is 5.00. The van der Waals surface area contributed by atoms with Gasteiger partial charge in [0.25, 0.3) is 0 Å². The number of fused-ring (bicyclic) bond motifs is 5. The van der Waals surface area contributed by atoms with Crippen molar-refractivity contribution in [2.45, 2.75) is 57.5 Å². The van der Waals surface area contributed by atoms with Crippen LogP contribution in [0.4, 0.5) is 0 Å². The van der Waals surface area contributed by atoms with E-state index in [1.807, 2.05) is 0 Å². The molecule has 0 aliphatic carbocycles. The van der Waals surface area contributed by atoms with Crippen LogP contribution in [0.2, 0.25) is 0 Å². The minimum absolute atomic E-state index is 0.317. The molecule has 4 nitrogen and oxygen atoms in total. The Labute approximate surface area is 175 Å². The number of hydrogen-bond acceptors (Lipinski definition) is 4. The van der Waals surface area contributed by atoms with Crippen molar-refractivity contribution < 1.29 is 9.47 Å². The fourth-order valence-electron chi connectivity index (χ4n) is 4.97. The van der Waals surface area contributed by atoms with E-state index < -0.39 is 0 Å². The zero-order valence-electron chi connectivity index (χ0n) is 17.8. The summed E-state index contributed by atoms with van der Waals surface area (Å²) >= 11 is 0. The van der Waals surface area contributed by atoms with Crippen LogP contribution >= 0.6 is 0 Å². The molecule has 29 heavy (non-hydrogen) atoms. The summed E-state index contributed by atoms with van der Waals surface area (Å²) in [4.78, 5) is 5.38. The molecule has 3 atom stereocenters. The Hall–Kier alpha value is -1.88. The van der Waals surface area contributed by atoms with Crippen molar-refractivity contribution in [1.82, 2.24) is 9.80 Å². The van der Waals surface area contributed by atoms with Gasteiger partial charge in [-0.1, -0.05) is 42.5 Å². The van der Waals surface area contributed by atoms with E-state index in [1.165, 1.54) is 30.4 Å². The van der Waals surface area contributed by atoms with Gasteiger partial charge in [-0.3, -0.25) is 9.80 Å². The molecule has 0 unspecified atom stereocenters. The van der Waals surface area contributed by atoms with Crippen LogP contribution in [0.3, 0.4) is 0 Å². The van der Waals surface area contributed by atoms with Crippen molar-refractivity contribution in [3.05, 3.63) is 65.7 Å². The summed E-state index contributed by atoms with van der Waals surface area (Å²) in [7, 11) is 1.72. The molecular formula is C25H34N2O2. The standard InChI is InChI=1S/C25H34N2O2/c1-3-29-25-11-7-10-22-18-27(17-21-12-14-23(28-2)15-13-21)24(25)19-26(22)16-20-8-5-4-6-9-20/h4-6,8-9,12-15,22,24-25H,3,7,10-11,16-19H2,1-2H3/t22-,24+,25-/m0/s1. The quantitative estimate of drug-likeness (QED) is 0.697. The molecule has 3 aliphatic heterocycles.